The Bertz CT molecular complexity index is 1300. The number of carbonyl (C=O) groups is 1. The number of hydrogen-bond acceptors (Lipinski definition) is 11. The zero-order valence-corrected chi connectivity index (χ0v) is 30.0. The molecule has 6 N–H and O–H groups in total. The number of aliphatic hydroxyl groups excluding tert-OH is 4. The van der Waals surface area contributed by atoms with Crippen LogP contribution in [0.3, 0.4) is 0 Å². The molecule has 2 heterocycles. The van der Waals surface area contributed by atoms with E-state index in [1.165, 1.54) is 6.92 Å². The van der Waals surface area contributed by atoms with Gasteiger partial charge in [0.25, 0.3) is 0 Å². The Morgan fingerprint density at radius 3 is 2.23 bits per heavy atom. The number of hydrogen-bond donors (Lipinski definition) is 6. The summed E-state index contributed by atoms with van der Waals surface area (Å²) in [6.45, 7) is 15.4. The Labute approximate surface area is 284 Å². The number of aliphatic hydroxyl groups is 6. The van der Waals surface area contributed by atoms with Crippen molar-refractivity contribution in [2.24, 2.45) is 50.7 Å². The van der Waals surface area contributed by atoms with E-state index in [9.17, 15) is 35.4 Å². The fourth-order valence-corrected chi connectivity index (χ4v) is 13.8. The number of carbonyl (C=O) groups excluding carboxylic acids is 1. The number of ether oxygens (including phenoxy) is 4. The summed E-state index contributed by atoms with van der Waals surface area (Å²) in [6, 6.07) is 0. The zero-order chi connectivity index (χ0) is 35.2. The van der Waals surface area contributed by atoms with Crippen molar-refractivity contribution in [1.82, 2.24) is 0 Å². The Kier molecular flexibility index (Phi) is 8.01. The number of rotatable bonds is 5. The van der Waals surface area contributed by atoms with Crippen LogP contribution in [0.4, 0.5) is 0 Å². The van der Waals surface area contributed by atoms with Crippen molar-refractivity contribution in [1.29, 1.82) is 0 Å². The summed E-state index contributed by atoms with van der Waals surface area (Å²) in [7, 11) is 0. The molecule has 11 heteroatoms. The van der Waals surface area contributed by atoms with Gasteiger partial charge in [-0.05, 0) is 105 Å². The van der Waals surface area contributed by atoms with Crippen molar-refractivity contribution < 1.29 is 54.4 Å². The predicted molar refractivity (Wildman–Crippen MR) is 172 cm³/mol. The van der Waals surface area contributed by atoms with Crippen molar-refractivity contribution in [3.8, 4) is 0 Å². The molecule has 0 amide bonds. The molecule has 0 bridgehead atoms. The van der Waals surface area contributed by atoms with Gasteiger partial charge in [-0.15, -0.1) is 0 Å². The van der Waals surface area contributed by atoms with Crippen molar-refractivity contribution in [2.75, 3.05) is 6.61 Å². The van der Waals surface area contributed by atoms with Crippen LogP contribution in [0.5, 0.6) is 0 Å². The van der Waals surface area contributed by atoms with Crippen LogP contribution in [-0.4, -0.2) is 104 Å². The molecule has 11 nitrogen and oxygen atoms in total. The second-order valence-corrected chi connectivity index (χ2v) is 18.8. The highest BCUT2D eigenvalue weighted by atomic mass is 16.7. The third-order valence-corrected chi connectivity index (χ3v) is 15.9. The highest BCUT2D eigenvalue weighted by Gasteiger charge is 2.86. The molecular formula is C37H60O11. The van der Waals surface area contributed by atoms with Crippen LogP contribution >= 0.6 is 0 Å². The fraction of sp³-hybridized carbons (Fsp3) is 0.973. The first-order valence-corrected chi connectivity index (χ1v) is 18.4. The molecule has 5 aliphatic carbocycles. The standard InChI is InChI=1S/C37H60O11/c1-18-15-21(28(32(5,6)43)46-19(2)38)48-37(44)27(18)33(7)13-14-36-17-35(36)12-11-24(47-29-26(41)25(40)20(39)16-45-29)31(3,4)22(35)9-10-23(36)34(33,8)30(37)42/h18,20-30,39-44H,9-17H2,1-8H3/t18-,20?,21-,22+,23+,24+,25+,26-,27-,28+,29+,30-,33-,34-,35?,36+,37-/m1/s1. The van der Waals surface area contributed by atoms with Gasteiger partial charge in [0.15, 0.2) is 18.2 Å². The molecule has 7 fully saturated rings. The average molecular weight is 681 g/mol. The Morgan fingerprint density at radius 1 is 0.938 bits per heavy atom. The lowest BCUT2D eigenvalue weighted by molar-refractivity contribution is -0.342. The molecule has 0 aromatic heterocycles. The van der Waals surface area contributed by atoms with Crippen LogP contribution in [-0.2, 0) is 23.7 Å². The molecule has 2 aliphatic heterocycles. The van der Waals surface area contributed by atoms with Gasteiger partial charge in [0.2, 0.25) is 0 Å². The lowest BCUT2D eigenvalue weighted by Gasteiger charge is -2.63. The Hall–Kier alpha value is -0.890. The molecule has 17 atom stereocenters. The summed E-state index contributed by atoms with van der Waals surface area (Å²) in [5, 5.41) is 67.0. The van der Waals surface area contributed by atoms with Crippen LogP contribution in [0.2, 0.25) is 0 Å². The molecule has 7 rings (SSSR count). The van der Waals surface area contributed by atoms with E-state index in [1.54, 1.807) is 13.8 Å². The summed E-state index contributed by atoms with van der Waals surface area (Å²) in [5.41, 5.74) is -2.59. The smallest absolute Gasteiger partial charge is 0.303 e. The summed E-state index contributed by atoms with van der Waals surface area (Å²) in [4.78, 5) is 12.1. The number of fused-ring (bicyclic) bond motifs is 4. The van der Waals surface area contributed by atoms with E-state index in [1.807, 2.05) is 0 Å². The third-order valence-electron chi connectivity index (χ3n) is 15.9. The monoisotopic (exact) mass is 680 g/mol. The van der Waals surface area contributed by atoms with E-state index in [-0.39, 0.29) is 46.7 Å². The second kappa shape index (κ2) is 10.8. The van der Waals surface area contributed by atoms with Gasteiger partial charge < -0.3 is 49.6 Å². The van der Waals surface area contributed by atoms with Crippen LogP contribution < -0.4 is 0 Å². The Balaban J connectivity index is 1.17. The van der Waals surface area contributed by atoms with Crippen molar-refractivity contribution in [3.63, 3.8) is 0 Å². The van der Waals surface area contributed by atoms with Crippen molar-refractivity contribution in [2.45, 2.75) is 167 Å². The zero-order valence-electron chi connectivity index (χ0n) is 30.0. The molecule has 0 aromatic rings. The number of esters is 1. The minimum Gasteiger partial charge on any atom is -0.457 e. The molecule has 274 valence electrons. The molecule has 2 saturated heterocycles. The Morgan fingerprint density at radius 2 is 1.58 bits per heavy atom. The topological polar surface area (TPSA) is 175 Å². The van der Waals surface area contributed by atoms with Gasteiger partial charge in [-0.3, -0.25) is 4.79 Å². The first-order chi connectivity index (χ1) is 22.1. The molecule has 2 spiro atoms. The molecule has 0 aromatic carbocycles. The molecule has 2 unspecified atom stereocenters. The minimum atomic E-state index is -1.86. The van der Waals surface area contributed by atoms with Gasteiger partial charge in [0, 0.05) is 18.3 Å². The van der Waals surface area contributed by atoms with E-state index in [0.717, 1.165) is 44.9 Å². The summed E-state index contributed by atoms with van der Waals surface area (Å²) in [6.07, 6.45) is -0.902. The van der Waals surface area contributed by atoms with Gasteiger partial charge in [-0.1, -0.05) is 34.6 Å². The lowest BCUT2D eigenvalue weighted by atomic mass is 9.41. The molecular weight excluding hydrogens is 620 g/mol. The average Bonchev–Trinajstić information content (AvgIpc) is 3.62. The fourth-order valence-electron chi connectivity index (χ4n) is 13.8. The van der Waals surface area contributed by atoms with Gasteiger partial charge in [0.1, 0.15) is 30.5 Å². The van der Waals surface area contributed by atoms with Crippen molar-refractivity contribution in [3.05, 3.63) is 0 Å². The summed E-state index contributed by atoms with van der Waals surface area (Å²) in [5.74, 6) is -2.26. The van der Waals surface area contributed by atoms with E-state index >= 15 is 0 Å². The summed E-state index contributed by atoms with van der Waals surface area (Å²) < 4.78 is 24.2. The maximum absolute atomic E-state index is 12.6. The van der Waals surface area contributed by atoms with E-state index in [2.05, 4.69) is 34.6 Å². The molecule has 48 heavy (non-hydrogen) atoms. The van der Waals surface area contributed by atoms with Crippen LogP contribution in [0, 0.1) is 50.7 Å². The quantitative estimate of drug-likeness (QED) is 0.186. The molecule has 7 aliphatic rings. The predicted octanol–water partition coefficient (Wildman–Crippen LogP) is 2.65. The van der Waals surface area contributed by atoms with E-state index in [4.69, 9.17) is 18.9 Å². The van der Waals surface area contributed by atoms with Gasteiger partial charge in [-0.25, -0.2) is 0 Å². The summed E-state index contributed by atoms with van der Waals surface area (Å²) >= 11 is 0. The van der Waals surface area contributed by atoms with Crippen LogP contribution in [0.25, 0.3) is 0 Å². The first kappa shape index (κ1) is 35.5. The second-order valence-electron chi connectivity index (χ2n) is 18.8. The lowest BCUT2D eigenvalue weighted by Crippen LogP contribution is -2.62. The third kappa shape index (κ3) is 4.41. The first-order valence-electron chi connectivity index (χ1n) is 18.4. The highest BCUT2D eigenvalue weighted by molar-refractivity contribution is 5.66. The maximum atomic E-state index is 12.6. The largest absolute Gasteiger partial charge is 0.457 e. The van der Waals surface area contributed by atoms with Crippen molar-refractivity contribution >= 4 is 5.97 Å². The van der Waals surface area contributed by atoms with Gasteiger partial charge in [-0.2, -0.15) is 0 Å². The van der Waals surface area contributed by atoms with E-state index < -0.39 is 71.1 Å². The highest BCUT2D eigenvalue weighted by Crippen LogP contribution is 2.89. The molecule has 5 saturated carbocycles. The van der Waals surface area contributed by atoms with Gasteiger partial charge >= 0.3 is 5.97 Å². The normalized spacial score (nSPS) is 56.1. The van der Waals surface area contributed by atoms with Gasteiger partial charge in [0.05, 0.1) is 18.3 Å². The van der Waals surface area contributed by atoms with E-state index in [0.29, 0.717) is 12.3 Å². The maximum Gasteiger partial charge on any atom is 0.303 e. The van der Waals surface area contributed by atoms with Crippen LogP contribution in [0.15, 0.2) is 0 Å². The molecule has 0 radical (unpaired) electrons. The minimum absolute atomic E-state index is 0.0222. The SMILES string of the molecule is CC(=O)O[C@@H]([C@H]1C[C@@H](C)[C@H]2[C@@](O)(O1)[C@H](O)[C@@]1(C)[C@@H]3CC[C@H]4C(C)(C)[C@@H](O[C@@H]5OCC(O)[C@H](O)[C@H]5O)CCC45C[C@@]35CC[C@]21C)C(C)(C)O. The van der Waals surface area contributed by atoms with Crippen LogP contribution in [0.1, 0.15) is 107 Å².